The van der Waals surface area contributed by atoms with Crippen LogP contribution in [-0.2, 0) is 11.3 Å². The SMILES string of the molecule is Cl.O=C(NO)c1ccc(CNC(C(=O)O)c2ccccc2)cc1. The molecule has 0 spiro atoms. The summed E-state index contributed by atoms with van der Waals surface area (Å²) < 4.78 is 0. The molecule has 1 amide bonds. The molecule has 0 fully saturated rings. The Kier molecular flexibility index (Phi) is 7.21. The maximum atomic E-state index is 11.4. The lowest BCUT2D eigenvalue weighted by Crippen LogP contribution is -2.28. The molecule has 0 bridgehead atoms. The van der Waals surface area contributed by atoms with Crippen LogP contribution in [0.3, 0.4) is 0 Å². The molecule has 1 atom stereocenters. The minimum Gasteiger partial charge on any atom is -0.480 e. The first-order chi connectivity index (χ1) is 10.6. The van der Waals surface area contributed by atoms with Gasteiger partial charge in [-0.1, -0.05) is 42.5 Å². The number of hydrogen-bond donors (Lipinski definition) is 4. The van der Waals surface area contributed by atoms with Crippen LogP contribution in [0.1, 0.15) is 27.5 Å². The lowest BCUT2D eigenvalue weighted by atomic mass is 10.1. The standard InChI is InChI=1S/C16H16N2O4.ClH/c19-15(18-22)13-8-6-11(7-9-13)10-17-14(16(20)21)12-4-2-1-3-5-12;/h1-9,14,17,22H,10H2,(H,18,19)(H,20,21);1H. The molecule has 0 heterocycles. The minimum absolute atomic E-state index is 0. The zero-order chi connectivity index (χ0) is 15.9. The van der Waals surface area contributed by atoms with Gasteiger partial charge in [-0.3, -0.25) is 20.1 Å². The van der Waals surface area contributed by atoms with E-state index in [1.54, 1.807) is 54.0 Å². The molecule has 0 saturated heterocycles. The minimum atomic E-state index is -0.956. The molecule has 23 heavy (non-hydrogen) atoms. The van der Waals surface area contributed by atoms with E-state index in [4.69, 9.17) is 5.21 Å². The molecule has 122 valence electrons. The van der Waals surface area contributed by atoms with Gasteiger partial charge in [0.15, 0.2) is 0 Å². The largest absolute Gasteiger partial charge is 0.480 e. The fourth-order valence-corrected chi connectivity index (χ4v) is 2.05. The molecule has 2 rings (SSSR count). The van der Waals surface area contributed by atoms with Crippen molar-refractivity contribution in [2.45, 2.75) is 12.6 Å². The Balaban J connectivity index is 0.00000264. The van der Waals surface area contributed by atoms with Crippen molar-refractivity contribution in [3.8, 4) is 0 Å². The highest BCUT2D eigenvalue weighted by Crippen LogP contribution is 2.14. The van der Waals surface area contributed by atoms with E-state index in [0.29, 0.717) is 17.7 Å². The van der Waals surface area contributed by atoms with Crippen LogP contribution in [0.25, 0.3) is 0 Å². The number of carboxylic acids is 1. The predicted molar refractivity (Wildman–Crippen MR) is 86.6 cm³/mol. The van der Waals surface area contributed by atoms with Crippen LogP contribution in [0.5, 0.6) is 0 Å². The third kappa shape index (κ3) is 5.07. The number of hydrogen-bond acceptors (Lipinski definition) is 4. The number of rotatable bonds is 6. The van der Waals surface area contributed by atoms with Gasteiger partial charge in [-0.2, -0.15) is 0 Å². The topological polar surface area (TPSA) is 98.7 Å². The Bertz CT molecular complexity index is 647. The van der Waals surface area contributed by atoms with Gasteiger partial charge < -0.3 is 5.11 Å². The van der Waals surface area contributed by atoms with E-state index in [9.17, 15) is 14.7 Å². The van der Waals surface area contributed by atoms with Crippen molar-refractivity contribution in [2.75, 3.05) is 0 Å². The van der Waals surface area contributed by atoms with Crippen LogP contribution >= 0.6 is 12.4 Å². The number of carboxylic acid groups (broad SMARTS) is 1. The van der Waals surface area contributed by atoms with E-state index in [1.807, 2.05) is 6.07 Å². The number of halogens is 1. The quantitative estimate of drug-likeness (QED) is 0.478. The van der Waals surface area contributed by atoms with Gasteiger partial charge in [-0.25, -0.2) is 5.48 Å². The second-order valence-electron chi connectivity index (χ2n) is 4.70. The zero-order valence-electron chi connectivity index (χ0n) is 12.1. The van der Waals surface area contributed by atoms with Gasteiger partial charge in [0.1, 0.15) is 6.04 Å². The molecule has 0 aliphatic carbocycles. The Morgan fingerprint density at radius 1 is 1.00 bits per heavy atom. The highest BCUT2D eigenvalue weighted by molar-refractivity contribution is 5.93. The number of aliphatic carboxylic acids is 1. The average Bonchev–Trinajstić information content (AvgIpc) is 2.55. The summed E-state index contributed by atoms with van der Waals surface area (Å²) in [5.74, 6) is -1.55. The fourth-order valence-electron chi connectivity index (χ4n) is 2.05. The molecule has 1 unspecified atom stereocenters. The Labute approximate surface area is 139 Å². The van der Waals surface area contributed by atoms with Crippen LogP contribution in [0.4, 0.5) is 0 Å². The predicted octanol–water partition coefficient (Wildman–Crippen LogP) is 2.14. The van der Waals surface area contributed by atoms with E-state index in [0.717, 1.165) is 5.56 Å². The summed E-state index contributed by atoms with van der Waals surface area (Å²) in [6.07, 6.45) is 0. The molecule has 0 aliphatic heterocycles. The number of hydroxylamine groups is 1. The Morgan fingerprint density at radius 3 is 2.13 bits per heavy atom. The maximum Gasteiger partial charge on any atom is 0.325 e. The van der Waals surface area contributed by atoms with Gasteiger partial charge in [-0.15, -0.1) is 12.4 Å². The van der Waals surface area contributed by atoms with Crippen LogP contribution in [0.2, 0.25) is 0 Å². The van der Waals surface area contributed by atoms with E-state index in [1.165, 1.54) is 0 Å². The molecular weight excluding hydrogens is 320 g/mol. The fraction of sp³-hybridized carbons (Fsp3) is 0.125. The summed E-state index contributed by atoms with van der Waals surface area (Å²) in [6.45, 7) is 0.340. The summed E-state index contributed by atoms with van der Waals surface area (Å²) in [4.78, 5) is 22.6. The van der Waals surface area contributed by atoms with Gasteiger partial charge >= 0.3 is 5.97 Å². The zero-order valence-corrected chi connectivity index (χ0v) is 12.9. The molecule has 6 nitrogen and oxygen atoms in total. The van der Waals surface area contributed by atoms with Crippen LogP contribution in [-0.4, -0.2) is 22.2 Å². The second-order valence-corrected chi connectivity index (χ2v) is 4.70. The van der Waals surface area contributed by atoms with Gasteiger partial charge in [0, 0.05) is 12.1 Å². The number of carbonyl (C=O) groups excluding carboxylic acids is 1. The van der Waals surface area contributed by atoms with Crippen molar-refractivity contribution in [2.24, 2.45) is 0 Å². The number of amides is 1. The summed E-state index contributed by atoms with van der Waals surface area (Å²) in [6, 6.07) is 14.6. The number of nitrogens with one attached hydrogen (secondary N) is 2. The van der Waals surface area contributed by atoms with E-state index in [-0.39, 0.29) is 12.4 Å². The molecule has 0 saturated carbocycles. The van der Waals surface area contributed by atoms with Crippen molar-refractivity contribution in [3.05, 3.63) is 71.3 Å². The summed E-state index contributed by atoms with van der Waals surface area (Å²) in [5, 5.41) is 20.8. The van der Waals surface area contributed by atoms with Crippen LogP contribution < -0.4 is 10.8 Å². The van der Waals surface area contributed by atoms with E-state index < -0.39 is 17.9 Å². The van der Waals surface area contributed by atoms with Gasteiger partial charge in [0.05, 0.1) is 0 Å². The third-order valence-electron chi connectivity index (χ3n) is 3.21. The lowest BCUT2D eigenvalue weighted by molar-refractivity contribution is -0.139. The van der Waals surface area contributed by atoms with Gasteiger partial charge in [-0.05, 0) is 23.3 Å². The first kappa shape index (κ1) is 18.6. The molecule has 4 N–H and O–H groups in total. The molecule has 0 aromatic heterocycles. The normalized spacial score (nSPS) is 11.2. The third-order valence-corrected chi connectivity index (χ3v) is 3.21. The van der Waals surface area contributed by atoms with Crippen molar-refractivity contribution in [1.82, 2.24) is 10.8 Å². The molecule has 2 aromatic rings. The molecule has 0 aliphatic rings. The summed E-state index contributed by atoms with van der Waals surface area (Å²) >= 11 is 0. The Hall–Kier alpha value is -2.41. The first-order valence-corrected chi connectivity index (χ1v) is 6.66. The number of benzene rings is 2. The molecular formula is C16H17ClN2O4. The lowest BCUT2D eigenvalue weighted by Gasteiger charge is -2.15. The second kappa shape index (κ2) is 8.89. The van der Waals surface area contributed by atoms with Crippen LogP contribution in [0.15, 0.2) is 54.6 Å². The average molecular weight is 337 g/mol. The van der Waals surface area contributed by atoms with Gasteiger partial charge in [0.25, 0.3) is 5.91 Å². The Morgan fingerprint density at radius 2 is 1.61 bits per heavy atom. The smallest absolute Gasteiger partial charge is 0.325 e. The molecule has 7 heteroatoms. The van der Waals surface area contributed by atoms with Crippen molar-refractivity contribution in [1.29, 1.82) is 0 Å². The van der Waals surface area contributed by atoms with Crippen molar-refractivity contribution in [3.63, 3.8) is 0 Å². The number of carbonyl (C=O) groups is 2. The summed E-state index contributed by atoms with van der Waals surface area (Å²) in [5.41, 5.74) is 3.38. The van der Waals surface area contributed by atoms with Crippen molar-refractivity contribution >= 4 is 24.3 Å². The maximum absolute atomic E-state index is 11.4. The first-order valence-electron chi connectivity index (χ1n) is 6.66. The monoisotopic (exact) mass is 336 g/mol. The summed E-state index contributed by atoms with van der Waals surface area (Å²) in [7, 11) is 0. The molecule has 2 aromatic carbocycles. The molecule has 0 radical (unpaired) electrons. The highest BCUT2D eigenvalue weighted by atomic mass is 35.5. The highest BCUT2D eigenvalue weighted by Gasteiger charge is 2.18. The van der Waals surface area contributed by atoms with Gasteiger partial charge in [0.2, 0.25) is 0 Å². The van der Waals surface area contributed by atoms with E-state index in [2.05, 4.69) is 5.32 Å². The van der Waals surface area contributed by atoms with Crippen LogP contribution in [0, 0.1) is 0 Å². The van der Waals surface area contributed by atoms with E-state index >= 15 is 0 Å². The van der Waals surface area contributed by atoms with Crippen molar-refractivity contribution < 1.29 is 19.9 Å².